The van der Waals surface area contributed by atoms with Crippen LogP contribution in [-0.4, -0.2) is 9.13 Å². The average Bonchev–Trinajstić information content (AvgIpc) is 3.83. The third-order valence-electron chi connectivity index (χ3n) is 15.3. The van der Waals surface area contributed by atoms with Gasteiger partial charge in [-0.1, -0.05) is 198 Å². The average molecular weight is 987 g/mol. The van der Waals surface area contributed by atoms with Crippen LogP contribution in [0.5, 0.6) is 0 Å². The zero-order valence-electron chi connectivity index (χ0n) is 39.7. The number of hydrogen-bond donors (Lipinski definition) is 0. The van der Waals surface area contributed by atoms with Gasteiger partial charge in [0.25, 0.3) is 0 Å². The summed E-state index contributed by atoms with van der Waals surface area (Å²) < 4.78 is 7.66. The summed E-state index contributed by atoms with van der Waals surface area (Å²) in [6.07, 6.45) is 38.2. The highest BCUT2D eigenvalue weighted by molar-refractivity contribution is 9.10. The number of unbranched alkanes of at least 4 members (excludes halogenated alkanes) is 18. The fourth-order valence-corrected chi connectivity index (χ4v) is 12.6. The Kier molecular flexibility index (Phi) is 17.8. The monoisotopic (exact) mass is 984 g/mol. The smallest absolute Gasteiger partial charge is 0.0535 e. The maximum Gasteiger partial charge on any atom is 0.0535 e. The molecule has 2 aromatic heterocycles. The van der Waals surface area contributed by atoms with Crippen molar-refractivity contribution >= 4 is 53.7 Å². The third-order valence-corrected chi connectivity index (χ3v) is 16.3. The van der Waals surface area contributed by atoms with Crippen molar-refractivity contribution in [1.82, 2.24) is 9.13 Å². The molecule has 0 aliphatic heterocycles. The molecule has 4 aromatic carbocycles. The molecule has 2 atom stereocenters. The van der Waals surface area contributed by atoms with Gasteiger partial charge < -0.3 is 9.13 Å². The second-order valence-corrected chi connectivity index (χ2v) is 21.8. The molecule has 8 rings (SSSR count). The van der Waals surface area contributed by atoms with E-state index in [2.05, 4.69) is 140 Å². The molecule has 64 heavy (non-hydrogen) atoms. The van der Waals surface area contributed by atoms with E-state index in [0.717, 1.165) is 0 Å². The van der Waals surface area contributed by atoms with Crippen LogP contribution in [0.15, 0.2) is 93.9 Å². The summed E-state index contributed by atoms with van der Waals surface area (Å²) in [5, 5.41) is 2.88. The molecule has 2 unspecified atom stereocenters. The van der Waals surface area contributed by atoms with Crippen LogP contribution in [0.3, 0.4) is 0 Å². The molecule has 0 radical (unpaired) electrons. The van der Waals surface area contributed by atoms with Crippen molar-refractivity contribution in [3.8, 4) is 22.5 Å². The fourth-order valence-electron chi connectivity index (χ4n) is 11.9. The molecule has 2 aliphatic carbocycles. The molecule has 6 aromatic rings. The molecule has 0 amide bonds. The van der Waals surface area contributed by atoms with E-state index < -0.39 is 0 Å². The van der Waals surface area contributed by atoms with Crippen LogP contribution in [0.2, 0.25) is 0 Å². The van der Waals surface area contributed by atoms with Gasteiger partial charge in [-0.3, -0.25) is 0 Å². The lowest BCUT2D eigenvalue weighted by atomic mass is 9.83. The van der Waals surface area contributed by atoms with Gasteiger partial charge in [-0.15, -0.1) is 0 Å². The fraction of sp³-hybridized carbons (Fsp3) is 0.533. The normalized spacial score (nSPS) is 16.2. The lowest BCUT2D eigenvalue weighted by molar-refractivity contribution is 0.470. The highest BCUT2D eigenvalue weighted by Gasteiger charge is 2.30. The molecular weight excluding hydrogens is 908 g/mol. The first-order valence-electron chi connectivity index (χ1n) is 26.4. The van der Waals surface area contributed by atoms with Crippen LogP contribution in [0.4, 0.5) is 0 Å². The summed E-state index contributed by atoms with van der Waals surface area (Å²) >= 11 is 7.66. The third kappa shape index (κ3) is 11.5. The molecule has 4 heteroatoms. The topological polar surface area (TPSA) is 9.86 Å². The largest absolute Gasteiger partial charge is 0.313 e. The van der Waals surface area contributed by atoms with Crippen LogP contribution in [-0.2, 0) is 12.8 Å². The molecule has 2 heterocycles. The Balaban J connectivity index is 0.974. The summed E-state index contributed by atoms with van der Waals surface area (Å²) in [6.45, 7) is 4.62. The lowest BCUT2D eigenvalue weighted by Gasteiger charge is -2.26. The van der Waals surface area contributed by atoms with E-state index in [1.807, 2.05) is 0 Å². The predicted molar refractivity (Wildman–Crippen MR) is 285 cm³/mol. The van der Waals surface area contributed by atoms with E-state index >= 15 is 0 Å². The molecule has 2 aliphatic rings. The molecule has 0 bridgehead atoms. The standard InChI is InChI=1S/C60H78Br2N2/c1-3-5-7-9-11-13-15-17-19-21-25-47-27-23-29-53-55-43-49(61)35-41-57(55)63(59(47)53)51-37-31-45(32-38-51)46-33-39-52(40-34-46)64-58-42-36-50(62)44-56(58)54-30-24-28-48(60(54)64)26-22-20-18-16-14-12-10-8-6-4-2/h31-44,47-48H,3-30H2,1-2H3. The van der Waals surface area contributed by atoms with Crippen molar-refractivity contribution in [1.29, 1.82) is 0 Å². The van der Waals surface area contributed by atoms with E-state index in [4.69, 9.17) is 0 Å². The number of halogens is 2. The number of aromatic nitrogens is 2. The molecule has 0 saturated heterocycles. The Morgan fingerprint density at radius 2 is 0.766 bits per heavy atom. The lowest BCUT2D eigenvalue weighted by Crippen LogP contribution is -2.14. The summed E-state index contributed by atoms with van der Waals surface area (Å²) in [5.41, 5.74) is 14.3. The number of fused-ring (bicyclic) bond motifs is 6. The predicted octanol–water partition coefficient (Wildman–Crippen LogP) is 20.2. The number of rotatable bonds is 25. The van der Waals surface area contributed by atoms with Crippen LogP contribution in [0.1, 0.15) is 215 Å². The first-order valence-corrected chi connectivity index (χ1v) is 28.0. The zero-order chi connectivity index (χ0) is 44.1. The van der Waals surface area contributed by atoms with Gasteiger partial charge in [0.05, 0.1) is 11.0 Å². The van der Waals surface area contributed by atoms with Crippen molar-refractivity contribution in [3.05, 3.63) is 116 Å². The van der Waals surface area contributed by atoms with Crippen LogP contribution in [0.25, 0.3) is 44.3 Å². The van der Waals surface area contributed by atoms with Crippen molar-refractivity contribution < 1.29 is 0 Å². The Morgan fingerprint density at radius 3 is 1.12 bits per heavy atom. The zero-order valence-corrected chi connectivity index (χ0v) is 42.9. The van der Waals surface area contributed by atoms with Crippen molar-refractivity contribution in [3.63, 3.8) is 0 Å². The van der Waals surface area contributed by atoms with Crippen LogP contribution in [0, 0.1) is 0 Å². The summed E-state index contributed by atoms with van der Waals surface area (Å²) in [6, 6.07) is 33.0. The first kappa shape index (κ1) is 47.4. The van der Waals surface area contributed by atoms with Gasteiger partial charge in [0, 0.05) is 42.5 Å². The highest BCUT2D eigenvalue weighted by Crippen LogP contribution is 2.45. The number of nitrogens with zero attached hydrogens (tertiary/aromatic N) is 2. The molecule has 2 nitrogen and oxygen atoms in total. The van der Waals surface area contributed by atoms with E-state index in [1.165, 1.54) is 233 Å². The van der Waals surface area contributed by atoms with Crippen molar-refractivity contribution in [2.45, 2.75) is 205 Å². The first-order chi connectivity index (χ1) is 31.6. The Bertz CT molecular complexity index is 2190. The Labute approximate surface area is 404 Å². The molecule has 342 valence electrons. The minimum Gasteiger partial charge on any atom is -0.313 e. The summed E-state index contributed by atoms with van der Waals surface area (Å²) in [4.78, 5) is 0. The van der Waals surface area contributed by atoms with Gasteiger partial charge in [-0.2, -0.15) is 0 Å². The van der Waals surface area contributed by atoms with E-state index in [9.17, 15) is 0 Å². The number of benzene rings is 4. The van der Waals surface area contributed by atoms with Gasteiger partial charge in [0.15, 0.2) is 0 Å². The van der Waals surface area contributed by atoms with Gasteiger partial charge in [-0.25, -0.2) is 0 Å². The molecule has 0 spiro atoms. The van der Waals surface area contributed by atoms with E-state index in [1.54, 1.807) is 22.5 Å². The van der Waals surface area contributed by atoms with Gasteiger partial charge in [0.1, 0.15) is 0 Å². The molecule has 0 fully saturated rings. The second-order valence-electron chi connectivity index (χ2n) is 19.9. The minimum absolute atomic E-state index is 0.627. The SMILES string of the molecule is CCCCCCCCCCCCC1CCCc2c1n(-c1ccc(-c3ccc(-n4c5c(c6cc(Br)ccc64)CCCC5CCCCCCCCCCCC)cc3)cc1)c1ccc(Br)cc21. The van der Waals surface area contributed by atoms with Crippen LogP contribution < -0.4 is 0 Å². The quantitative estimate of drug-likeness (QED) is 0.0506. The van der Waals surface area contributed by atoms with E-state index in [-0.39, 0.29) is 0 Å². The molecule has 0 saturated carbocycles. The maximum absolute atomic E-state index is 3.83. The van der Waals surface area contributed by atoms with Gasteiger partial charge >= 0.3 is 0 Å². The summed E-state index contributed by atoms with van der Waals surface area (Å²) in [7, 11) is 0. The van der Waals surface area contributed by atoms with Crippen molar-refractivity contribution in [2.75, 3.05) is 0 Å². The number of hydrogen-bond acceptors (Lipinski definition) is 0. The van der Waals surface area contributed by atoms with E-state index in [0.29, 0.717) is 11.8 Å². The Morgan fingerprint density at radius 1 is 0.422 bits per heavy atom. The number of aryl methyl sites for hydroxylation is 2. The van der Waals surface area contributed by atoms with Crippen LogP contribution >= 0.6 is 31.9 Å². The minimum atomic E-state index is 0.627. The van der Waals surface area contributed by atoms with Gasteiger partial charge in [-0.05, 0) is 146 Å². The van der Waals surface area contributed by atoms with Crippen molar-refractivity contribution in [2.24, 2.45) is 0 Å². The Hall–Kier alpha value is -3.08. The highest BCUT2D eigenvalue weighted by atomic mass is 79.9. The molecular formula is C60H78Br2N2. The molecule has 0 N–H and O–H groups in total. The maximum atomic E-state index is 3.83. The summed E-state index contributed by atoms with van der Waals surface area (Å²) in [5.74, 6) is 1.25. The second kappa shape index (κ2) is 24.1. The van der Waals surface area contributed by atoms with Gasteiger partial charge in [0.2, 0.25) is 0 Å².